The Morgan fingerprint density at radius 1 is 1.53 bits per heavy atom. The van der Waals surface area contributed by atoms with Crippen molar-refractivity contribution in [2.24, 2.45) is 5.73 Å². The first kappa shape index (κ1) is 9.73. The maximum atomic E-state index is 11.4. The molecule has 0 aliphatic heterocycles. The van der Waals surface area contributed by atoms with Crippen LogP contribution in [0.1, 0.15) is 15.9 Å². The van der Waals surface area contributed by atoms with E-state index in [1.807, 2.05) is 18.2 Å². The van der Waals surface area contributed by atoms with Crippen molar-refractivity contribution in [2.75, 3.05) is 7.11 Å². The van der Waals surface area contributed by atoms with Gasteiger partial charge in [0.2, 0.25) is 0 Å². The molecular weight excluding hydrogens is 192 g/mol. The predicted molar refractivity (Wildman–Crippen MR) is 57.5 cm³/mol. The zero-order chi connectivity index (χ0) is 10.8. The highest BCUT2D eigenvalue weighted by Crippen LogP contribution is 2.20. The number of carbonyl (C=O) groups excluding carboxylic acids is 1. The van der Waals surface area contributed by atoms with Crippen LogP contribution in [0.2, 0.25) is 0 Å². The lowest BCUT2D eigenvalue weighted by atomic mass is 10.1. The summed E-state index contributed by atoms with van der Waals surface area (Å²) >= 11 is 0. The molecule has 1 heterocycles. The van der Waals surface area contributed by atoms with E-state index >= 15 is 0 Å². The first-order valence-electron chi connectivity index (χ1n) is 4.64. The Bertz CT molecular complexity index is 502. The summed E-state index contributed by atoms with van der Waals surface area (Å²) in [5.41, 5.74) is 8.01. The summed E-state index contributed by atoms with van der Waals surface area (Å²) in [7, 11) is 1.37. The highest BCUT2D eigenvalue weighted by Gasteiger charge is 2.11. The van der Waals surface area contributed by atoms with Gasteiger partial charge in [-0.15, -0.1) is 0 Å². The van der Waals surface area contributed by atoms with Gasteiger partial charge in [0.1, 0.15) is 0 Å². The standard InChI is InChI=1S/C11H12N2O2/c1-15-11(14)9-6-13-10-4-7(5-12)2-3-8(9)10/h2-4,6,13H,5,12H2,1H3. The number of nitrogens with one attached hydrogen (secondary N) is 1. The number of benzene rings is 1. The second-order valence-electron chi connectivity index (χ2n) is 3.28. The number of carbonyl (C=O) groups is 1. The van der Waals surface area contributed by atoms with Crippen molar-refractivity contribution < 1.29 is 9.53 Å². The van der Waals surface area contributed by atoms with Gasteiger partial charge in [-0.05, 0) is 11.6 Å². The molecule has 0 saturated heterocycles. The normalized spacial score (nSPS) is 10.5. The summed E-state index contributed by atoms with van der Waals surface area (Å²) < 4.78 is 4.68. The number of hydrogen-bond donors (Lipinski definition) is 2. The minimum atomic E-state index is -0.332. The van der Waals surface area contributed by atoms with E-state index in [-0.39, 0.29) is 5.97 Å². The molecule has 0 aliphatic carbocycles. The van der Waals surface area contributed by atoms with Crippen molar-refractivity contribution in [2.45, 2.75) is 6.54 Å². The molecule has 0 aliphatic rings. The molecule has 0 saturated carbocycles. The lowest BCUT2D eigenvalue weighted by Gasteiger charge is -1.98. The Balaban J connectivity index is 2.57. The van der Waals surface area contributed by atoms with Crippen LogP contribution in [0.25, 0.3) is 10.9 Å². The summed E-state index contributed by atoms with van der Waals surface area (Å²) in [5.74, 6) is -0.332. The number of rotatable bonds is 2. The van der Waals surface area contributed by atoms with E-state index in [0.29, 0.717) is 12.1 Å². The van der Waals surface area contributed by atoms with Gasteiger partial charge in [-0.25, -0.2) is 4.79 Å². The molecule has 4 nitrogen and oxygen atoms in total. The Labute approximate surface area is 87.0 Å². The maximum absolute atomic E-state index is 11.4. The van der Waals surface area contributed by atoms with Crippen molar-refractivity contribution in [3.05, 3.63) is 35.5 Å². The smallest absolute Gasteiger partial charge is 0.340 e. The third kappa shape index (κ3) is 1.59. The van der Waals surface area contributed by atoms with Crippen LogP contribution in [0.15, 0.2) is 24.4 Å². The number of esters is 1. The van der Waals surface area contributed by atoms with Crippen LogP contribution in [-0.2, 0) is 11.3 Å². The Morgan fingerprint density at radius 3 is 3.00 bits per heavy atom. The summed E-state index contributed by atoms with van der Waals surface area (Å²) in [6.45, 7) is 0.489. The molecule has 1 aromatic carbocycles. The number of methoxy groups -OCH3 is 1. The second kappa shape index (κ2) is 3.74. The van der Waals surface area contributed by atoms with Crippen LogP contribution < -0.4 is 5.73 Å². The van der Waals surface area contributed by atoms with Crippen molar-refractivity contribution in [1.82, 2.24) is 4.98 Å². The van der Waals surface area contributed by atoms with Gasteiger partial charge in [0.25, 0.3) is 0 Å². The van der Waals surface area contributed by atoms with Gasteiger partial charge in [-0.1, -0.05) is 12.1 Å². The van der Waals surface area contributed by atoms with Crippen LogP contribution in [0.3, 0.4) is 0 Å². The summed E-state index contributed by atoms with van der Waals surface area (Å²) in [4.78, 5) is 14.4. The van der Waals surface area contributed by atoms with Gasteiger partial charge in [0.15, 0.2) is 0 Å². The average molecular weight is 204 g/mol. The van der Waals surface area contributed by atoms with Crippen LogP contribution in [0, 0.1) is 0 Å². The fraction of sp³-hybridized carbons (Fsp3) is 0.182. The van der Waals surface area contributed by atoms with Crippen LogP contribution in [-0.4, -0.2) is 18.1 Å². The molecule has 0 radical (unpaired) electrons. The van der Waals surface area contributed by atoms with Crippen LogP contribution >= 0.6 is 0 Å². The first-order valence-corrected chi connectivity index (χ1v) is 4.64. The fourth-order valence-electron chi connectivity index (χ4n) is 1.58. The first-order chi connectivity index (χ1) is 7.26. The summed E-state index contributed by atoms with van der Waals surface area (Å²) in [6, 6.07) is 5.71. The van der Waals surface area contributed by atoms with Crippen LogP contribution in [0.5, 0.6) is 0 Å². The molecule has 2 rings (SSSR count). The zero-order valence-corrected chi connectivity index (χ0v) is 8.41. The monoisotopic (exact) mass is 204 g/mol. The van der Waals surface area contributed by atoms with Crippen molar-refractivity contribution >= 4 is 16.9 Å². The van der Waals surface area contributed by atoms with E-state index in [4.69, 9.17) is 5.73 Å². The Morgan fingerprint density at radius 2 is 2.33 bits per heavy atom. The molecule has 0 unspecified atom stereocenters. The lowest BCUT2D eigenvalue weighted by molar-refractivity contribution is 0.0603. The molecular formula is C11H12N2O2. The molecule has 0 fully saturated rings. The molecule has 0 atom stereocenters. The number of hydrogen-bond acceptors (Lipinski definition) is 3. The number of aromatic amines is 1. The van der Waals surface area contributed by atoms with Gasteiger partial charge in [-0.2, -0.15) is 0 Å². The van der Waals surface area contributed by atoms with Gasteiger partial charge in [0.05, 0.1) is 12.7 Å². The van der Waals surface area contributed by atoms with Gasteiger partial charge in [0, 0.05) is 23.6 Å². The average Bonchev–Trinajstić information content (AvgIpc) is 2.70. The number of H-pyrrole nitrogens is 1. The number of aromatic nitrogens is 1. The molecule has 4 heteroatoms. The molecule has 0 bridgehead atoms. The third-order valence-electron chi connectivity index (χ3n) is 2.39. The van der Waals surface area contributed by atoms with E-state index in [0.717, 1.165) is 16.5 Å². The van der Waals surface area contributed by atoms with Crippen molar-refractivity contribution in [1.29, 1.82) is 0 Å². The van der Waals surface area contributed by atoms with E-state index < -0.39 is 0 Å². The van der Waals surface area contributed by atoms with E-state index in [1.165, 1.54) is 7.11 Å². The summed E-state index contributed by atoms with van der Waals surface area (Å²) in [5, 5.41) is 0.860. The minimum Gasteiger partial charge on any atom is -0.465 e. The minimum absolute atomic E-state index is 0.332. The Hall–Kier alpha value is -1.81. The molecule has 0 amide bonds. The van der Waals surface area contributed by atoms with Gasteiger partial charge in [-0.3, -0.25) is 0 Å². The molecule has 3 N–H and O–H groups in total. The maximum Gasteiger partial charge on any atom is 0.340 e. The molecule has 2 aromatic rings. The van der Waals surface area contributed by atoms with E-state index in [1.54, 1.807) is 6.20 Å². The van der Waals surface area contributed by atoms with Crippen LogP contribution in [0.4, 0.5) is 0 Å². The quantitative estimate of drug-likeness (QED) is 0.727. The van der Waals surface area contributed by atoms with Crippen molar-refractivity contribution in [3.63, 3.8) is 0 Å². The number of ether oxygens (including phenoxy) is 1. The Kier molecular flexibility index (Phi) is 2.43. The fourth-order valence-corrected chi connectivity index (χ4v) is 1.58. The SMILES string of the molecule is COC(=O)c1c[nH]c2cc(CN)ccc12. The topological polar surface area (TPSA) is 68.1 Å². The van der Waals surface area contributed by atoms with Gasteiger partial charge >= 0.3 is 5.97 Å². The predicted octanol–water partition coefficient (Wildman–Crippen LogP) is 1.41. The highest BCUT2D eigenvalue weighted by molar-refractivity contribution is 6.04. The number of nitrogens with two attached hydrogens (primary N) is 1. The molecule has 78 valence electrons. The third-order valence-corrected chi connectivity index (χ3v) is 2.39. The zero-order valence-electron chi connectivity index (χ0n) is 8.41. The highest BCUT2D eigenvalue weighted by atomic mass is 16.5. The largest absolute Gasteiger partial charge is 0.465 e. The molecule has 15 heavy (non-hydrogen) atoms. The molecule has 0 spiro atoms. The molecule has 1 aromatic heterocycles. The van der Waals surface area contributed by atoms with E-state index in [2.05, 4.69) is 9.72 Å². The van der Waals surface area contributed by atoms with Crippen molar-refractivity contribution in [3.8, 4) is 0 Å². The number of fused-ring (bicyclic) bond motifs is 1. The second-order valence-corrected chi connectivity index (χ2v) is 3.28. The summed E-state index contributed by atoms with van der Waals surface area (Å²) in [6.07, 6.45) is 1.65. The van der Waals surface area contributed by atoms with E-state index in [9.17, 15) is 4.79 Å². The van der Waals surface area contributed by atoms with Gasteiger partial charge < -0.3 is 15.5 Å². The lowest BCUT2D eigenvalue weighted by Crippen LogP contribution is -1.99.